The lowest BCUT2D eigenvalue weighted by molar-refractivity contribution is -0.140. The van der Waals surface area contributed by atoms with Gasteiger partial charge in [0, 0.05) is 12.1 Å². The van der Waals surface area contributed by atoms with E-state index in [4.69, 9.17) is 9.47 Å². The van der Waals surface area contributed by atoms with E-state index in [-0.39, 0.29) is 11.3 Å². The quantitative estimate of drug-likeness (QED) is 0.211. The van der Waals surface area contributed by atoms with Gasteiger partial charge in [0.25, 0.3) is 11.7 Å². The molecule has 7 heteroatoms. The van der Waals surface area contributed by atoms with Crippen molar-refractivity contribution in [3.05, 3.63) is 77.9 Å². The van der Waals surface area contributed by atoms with E-state index < -0.39 is 17.7 Å². The van der Waals surface area contributed by atoms with E-state index in [1.165, 1.54) is 0 Å². The van der Waals surface area contributed by atoms with Crippen LogP contribution in [0.15, 0.2) is 66.8 Å². The van der Waals surface area contributed by atoms with Crippen molar-refractivity contribution in [1.29, 1.82) is 0 Å². The number of methoxy groups -OCH3 is 1. The molecule has 0 aliphatic carbocycles. The number of aliphatic hydroxyl groups is 1. The van der Waals surface area contributed by atoms with Gasteiger partial charge in [-0.15, -0.1) is 0 Å². The van der Waals surface area contributed by atoms with Crippen LogP contribution in [0.2, 0.25) is 0 Å². The molecular formula is C28H34N2O5. The molecule has 35 heavy (non-hydrogen) atoms. The van der Waals surface area contributed by atoms with Crippen LogP contribution in [-0.4, -0.2) is 66.5 Å². The molecule has 1 aliphatic heterocycles. The van der Waals surface area contributed by atoms with E-state index in [1.54, 1.807) is 48.4 Å². The number of ether oxygens (including phenoxy) is 2. The van der Waals surface area contributed by atoms with Gasteiger partial charge in [-0.05, 0) is 68.0 Å². The largest absolute Gasteiger partial charge is 0.507 e. The zero-order chi connectivity index (χ0) is 25.4. The average Bonchev–Trinajstić information content (AvgIpc) is 3.14. The van der Waals surface area contributed by atoms with E-state index in [0.29, 0.717) is 42.2 Å². The number of Topliss-reactive ketones (excluding diaryl/α,β-unsaturated/α-hetero) is 1. The molecule has 186 valence electrons. The van der Waals surface area contributed by atoms with Crippen LogP contribution in [0.1, 0.15) is 37.4 Å². The highest BCUT2D eigenvalue weighted by atomic mass is 16.5. The van der Waals surface area contributed by atoms with Crippen LogP contribution in [0, 0.1) is 0 Å². The first-order chi connectivity index (χ1) is 16.9. The summed E-state index contributed by atoms with van der Waals surface area (Å²) in [6, 6.07) is 13.3. The maximum absolute atomic E-state index is 13.2. The summed E-state index contributed by atoms with van der Waals surface area (Å²) in [7, 11) is 1.56. The highest BCUT2D eigenvalue weighted by Crippen LogP contribution is 2.40. The highest BCUT2D eigenvalue weighted by Gasteiger charge is 2.45. The van der Waals surface area contributed by atoms with Crippen molar-refractivity contribution in [3.8, 4) is 11.5 Å². The summed E-state index contributed by atoms with van der Waals surface area (Å²) in [6.45, 7) is 11.2. The molecule has 0 aromatic heterocycles. The molecule has 0 saturated carbocycles. The van der Waals surface area contributed by atoms with Crippen LogP contribution in [0.25, 0.3) is 5.76 Å². The van der Waals surface area contributed by atoms with E-state index >= 15 is 0 Å². The zero-order valence-electron chi connectivity index (χ0n) is 20.7. The second-order valence-corrected chi connectivity index (χ2v) is 8.27. The predicted octanol–water partition coefficient (Wildman–Crippen LogP) is 4.41. The third-order valence-corrected chi connectivity index (χ3v) is 6.21. The van der Waals surface area contributed by atoms with Gasteiger partial charge >= 0.3 is 0 Å². The SMILES string of the molecule is C=CCOc1cccc([C@H]2/C(=C(\O)c3ccc(OC)cc3)C(=O)C(=O)N2CCCN(CC)CC)c1. The van der Waals surface area contributed by atoms with Crippen molar-refractivity contribution in [2.45, 2.75) is 26.3 Å². The van der Waals surface area contributed by atoms with Crippen LogP contribution in [-0.2, 0) is 9.59 Å². The fraction of sp³-hybridized carbons (Fsp3) is 0.357. The van der Waals surface area contributed by atoms with Crippen LogP contribution >= 0.6 is 0 Å². The summed E-state index contributed by atoms with van der Waals surface area (Å²) in [5, 5.41) is 11.2. The molecule has 1 atom stereocenters. The van der Waals surface area contributed by atoms with Crippen molar-refractivity contribution in [3.63, 3.8) is 0 Å². The lowest BCUT2D eigenvalue weighted by Crippen LogP contribution is -2.33. The number of hydrogen-bond acceptors (Lipinski definition) is 6. The Labute approximate surface area is 207 Å². The smallest absolute Gasteiger partial charge is 0.295 e. The minimum absolute atomic E-state index is 0.0730. The van der Waals surface area contributed by atoms with E-state index in [2.05, 4.69) is 25.3 Å². The Kier molecular flexibility index (Phi) is 9.09. The molecule has 1 amide bonds. The Morgan fingerprint density at radius 2 is 1.83 bits per heavy atom. The molecule has 7 nitrogen and oxygen atoms in total. The summed E-state index contributed by atoms with van der Waals surface area (Å²) < 4.78 is 10.9. The third kappa shape index (κ3) is 5.92. The highest BCUT2D eigenvalue weighted by molar-refractivity contribution is 6.46. The Balaban J connectivity index is 2.04. The van der Waals surface area contributed by atoms with Crippen LogP contribution in [0.5, 0.6) is 11.5 Å². The molecular weight excluding hydrogens is 444 g/mol. The maximum Gasteiger partial charge on any atom is 0.295 e. The van der Waals surface area contributed by atoms with Gasteiger partial charge in [0.05, 0.1) is 18.7 Å². The number of hydrogen-bond donors (Lipinski definition) is 1. The summed E-state index contributed by atoms with van der Waals surface area (Å²) in [6.07, 6.45) is 2.36. The third-order valence-electron chi connectivity index (χ3n) is 6.21. The number of carbonyl (C=O) groups excluding carboxylic acids is 2. The number of ketones is 1. The first kappa shape index (κ1) is 26.0. The first-order valence-corrected chi connectivity index (χ1v) is 11.9. The molecule has 0 bridgehead atoms. The topological polar surface area (TPSA) is 79.3 Å². The van der Waals surface area contributed by atoms with E-state index in [1.807, 2.05) is 18.2 Å². The summed E-state index contributed by atoms with van der Waals surface area (Å²) in [5.74, 6) is -0.284. The van der Waals surface area contributed by atoms with Gasteiger partial charge in [-0.1, -0.05) is 38.6 Å². The van der Waals surface area contributed by atoms with Crippen molar-refractivity contribution in [2.75, 3.05) is 39.9 Å². The minimum Gasteiger partial charge on any atom is -0.507 e. The van der Waals surface area contributed by atoms with Crippen molar-refractivity contribution >= 4 is 17.4 Å². The van der Waals surface area contributed by atoms with Gasteiger partial charge < -0.3 is 24.4 Å². The van der Waals surface area contributed by atoms with Gasteiger partial charge in [-0.2, -0.15) is 0 Å². The summed E-state index contributed by atoms with van der Waals surface area (Å²) in [4.78, 5) is 30.2. The number of aliphatic hydroxyl groups excluding tert-OH is 1. The normalized spacial score (nSPS) is 17.1. The number of rotatable bonds is 12. The number of benzene rings is 2. The molecule has 0 radical (unpaired) electrons. The van der Waals surface area contributed by atoms with Crippen molar-refractivity contribution in [1.82, 2.24) is 9.80 Å². The first-order valence-electron chi connectivity index (χ1n) is 11.9. The predicted molar refractivity (Wildman–Crippen MR) is 137 cm³/mol. The second-order valence-electron chi connectivity index (χ2n) is 8.27. The minimum atomic E-state index is -0.721. The Hall–Kier alpha value is -3.58. The van der Waals surface area contributed by atoms with Gasteiger partial charge in [-0.3, -0.25) is 9.59 Å². The molecule has 0 unspecified atom stereocenters. The van der Waals surface area contributed by atoms with Gasteiger partial charge in [-0.25, -0.2) is 0 Å². The van der Waals surface area contributed by atoms with Gasteiger partial charge in [0.1, 0.15) is 23.9 Å². The molecule has 1 heterocycles. The van der Waals surface area contributed by atoms with Crippen LogP contribution < -0.4 is 9.47 Å². The number of carbonyl (C=O) groups is 2. The van der Waals surface area contributed by atoms with Crippen molar-refractivity contribution in [2.24, 2.45) is 0 Å². The molecule has 1 N–H and O–H groups in total. The lowest BCUT2D eigenvalue weighted by Gasteiger charge is -2.27. The second kappa shape index (κ2) is 12.2. The summed E-state index contributed by atoms with van der Waals surface area (Å²) in [5.41, 5.74) is 1.21. The number of likely N-dealkylation sites (tertiary alicyclic amines) is 1. The Morgan fingerprint density at radius 3 is 2.46 bits per heavy atom. The average molecular weight is 479 g/mol. The molecule has 1 saturated heterocycles. The standard InChI is InChI=1S/C28H34N2O5/c1-5-18-35-23-11-8-10-21(19-23)25-24(26(31)20-12-14-22(34-4)15-13-20)27(32)28(33)30(25)17-9-16-29(6-2)7-3/h5,8,10-15,19,25,31H,1,6-7,9,16-18H2,2-4H3/b26-24+/t25-/m0/s1. The number of amides is 1. The van der Waals surface area contributed by atoms with E-state index in [0.717, 1.165) is 19.6 Å². The molecule has 1 aliphatic rings. The molecule has 0 spiro atoms. The summed E-state index contributed by atoms with van der Waals surface area (Å²) >= 11 is 0. The molecule has 1 fully saturated rings. The number of nitrogens with zero attached hydrogens (tertiary/aromatic N) is 2. The maximum atomic E-state index is 13.2. The lowest BCUT2D eigenvalue weighted by atomic mass is 9.95. The fourth-order valence-electron chi connectivity index (χ4n) is 4.30. The van der Waals surface area contributed by atoms with Gasteiger partial charge in [0.15, 0.2) is 0 Å². The van der Waals surface area contributed by atoms with Crippen LogP contribution in [0.3, 0.4) is 0 Å². The Morgan fingerprint density at radius 1 is 1.11 bits per heavy atom. The fourth-order valence-corrected chi connectivity index (χ4v) is 4.30. The zero-order valence-corrected chi connectivity index (χ0v) is 20.7. The van der Waals surface area contributed by atoms with Crippen LogP contribution in [0.4, 0.5) is 0 Å². The van der Waals surface area contributed by atoms with Gasteiger partial charge in [0.2, 0.25) is 0 Å². The monoisotopic (exact) mass is 478 g/mol. The van der Waals surface area contributed by atoms with E-state index in [9.17, 15) is 14.7 Å². The Bertz CT molecular complexity index is 1070. The van der Waals surface area contributed by atoms with Crippen molar-refractivity contribution < 1.29 is 24.2 Å². The molecule has 2 aromatic carbocycles. The molecule has 2 aromatic rings. The molecule has 3 rings (SSSR count).